The first-order chi connectivity index (χ1) is 34.8. The van der Waals surface area contributed by atoms with Gasteiger partial charge in [0.1, 0.15) is 0 Å². The Balaban J connectivity index is 0.992. The molecule has 2 aromatic heterocycles. The van der Waals surface area contributed by atoms with Gasteiger partial charge >= 0.3 is 0 Å². The van der Waals surface area contributed by atoms with E-state index in [1.807, 2.05) is 18.2 Å². The summed E-state index contributed by atoms with van der Waals surface area (Å²) in [6.07, 6.45) is 0. The average molecular weight is 909 g/mol. The molecule has 0 saturated heterocycles. The zero-order chi connectivity index (χ0) is 46.2. The quantitative estimate of drug-likeness (QED) is 0.113. The van der Waals surface area contributed by atoms with Crippen LogP contribution in [-0.2, 0) is 0 Å². The van der Waals surface area contributed by atoms with Gasteiger partial charge in [0.2, 0.25) is 5.95 Å². The average Bonchev–Trinajstić information content (AvgIpc) is 3.79. The Hall–Kier alpha value is -8.77. The van der Waals surface area contributed by atoms with Gasteiger partial charge < -0.3 is 0 Å². The number of aromatic nitrogens is 4. The molecule has 0 aliphatic heterocycles. The van der Waals surface area contributed by atoms with Gasteiger partial charge in [0.25, 0.3) is 0 Å². The molecule has 12 aromatic rings. The minimum atomic E-state index is -2.93. The number of para-hydroxylation sites is 2. The van der Waals surface area contributed by atoms with Crippen LogP contribution in [0.4, 0.5) is 0 Å². The molecule has 0 spiro atoms. The fraction of sp³-hybridized carbons (Fsp3) is 0.0308. The molecule has 3 aliphatic rings. The molecule has 0 radical (unpaired) electrons. The third kappa shape index (κ3) is 6.05. The topological polar surface area (TPSA) is 43.6 Å². The highest BCUT2D eigenvalue weighted by molar-refractivity contribution is 7.20. The highest BCUT2D eigenvalue weighted by atomic mass is 28.3. The minimum Gasteiger partial charge on any atom is -0.278 e. The fourth-order valence-electron chi connectivity index (χ4n) is 12.2. The molecule has 15 rings (SSSR count). The number of rotatable bonds is 8. The third-order valence-electron chi connectivity index (χ3n) is 15.0. The lowest BCUT2D eigenvalue weighted by Crippen LogP contribution is -2.75. The Morgan fingerprint density at radius 3 is 1.39 bits per heavy atom. The molecule has 2 unspecified atom stereocenters. The second-order valence-electron chi connectivity index (χ2n) is 18.6. The van der Waals surface area contributed by atoms with Gasteiger partial charge in [0, 0.05) is 33.7 Å². The maximum atomic E-state index is 5.36. The van der Waals surface area contributed by atoms with Crippen LogP contribution in [0, 0.1) is 0 Å². The molecular weight excluding hydrogens is 865 g/mol. The fourth-order valence-corrected chi connectivity index (χ4v) is 17.2. The third-order valence-corrected chi connectivity index (χ3v) is 19.8. The van der Waals surface area contributed by atoms with Crippen molar-refractivity contribution >= 4 is 50.6 Å². The van der Waals surface area contributed by atoms with Crippen LogP contribution >= 0.6 is 0 Å². The van der Waals surface area contributed by atoms with Crippen molar-refractivity contribution in [2.75, 3.05) is 0 Å². The van der Waals surface area contributed by atoms with Crippen molar-refractivity contribution < 1.29 is 0 Å². The van der Waals surface area contributed by atoms with Crippen LogP contribution < -0.4 is 20.7 Å². The lowest BCUT2D eigenvalue weighted by molar-refractivity contribution is 0.760. The first kappa shape index (κ1) is 40.3. The Morgan fingerprint density at radius 2 is 0.771 bits per heavy atom. The maximum absolute atomic E-state index is 5.36. The second kappa shape index (κ2) is 16.2. The molecule has 3 aliphatic carbocycles. The maximum Gasteiger partial charge on any atom is 0.238 e. The van der Waals surface area contributed by atoms with E-state index in [9.17, 15) is 0 Å². The van der Waals surface area contributed by atoms with Gasteiger partial charge in [-0.15, -0.1) is 0 Å². The van der Waals surface area contributed by atoms with Crippen molar-refractivity contribution in [1.82, 2.24) is 19.5 Å². The summed E-state index contributed by atoms with van der Waals surface area (Å²) in [5.41, 5.74) is 14.8. The molecule has 0 saturated carbocycles. The van der Waals surface area contributed by atoms with Crippen molar-refractivity contribution in [3.05, 3.63) is 288 Å². The van der Waals surface area contributed by atoms with Crippen molar-refractivity contribution in [2.24, 2.45) is 0 Å². The zero-order valence-corrected chi connectivity index (χ0v) is 39.2. The molecule has 2 atom stereocenters. The number of nitrogens with zero attached hydrogens (tertiary/aromatic N) is 4. The molecule has 70 heavy (non-hydrogen) atoms. The highest BCUT2D eigenvalue weighted by Gasteiger charge is 2.49. The number of hydrogen-bond acceptors (Lipinski definition) is 3. The van der Waals surface area contributed by atoms with Crippen LogP contribution in [0.5, 0.6) is 0 Å². The molecule has 0 N–H and O–H groups in total. The van der Waals surface area contributed by atoms with Crippen LogP contribution in [0.25, 0.3) is 61.7 Å². The molecule has 2 bridgehead atoms. The molecule has 328 valence electrons. The predicted octanol–water partition coefficient (Wildman–Crippen LogP) is 12.3. The summed E-state index contributed by atoms with van der Waals surface area (Å²) >= 11 is 0. The van der Waals surface area contributed by atoms with Crippen LogP contribution in [0.3, 0.4) is 0 Å². The minimum absolute atomic E-state index is 0.00553. The Labute approximate surface area is 407 Å². The van der Waals surface area contributed by atoms with Crippen molar-refractivity contribution in [2.45, 2.75) is 11.8 Å². The summed E-state index contributed by atoms with van der Waals surface area (Å²) in [5, 5.41) is 7.91. The summed E-state index contributed by atoms with van der Waals surface area (Å²) in [4.78, 5) is 15.8. The van der Waals surface area contributed by atoms with Gasteiger partial charge in [0.05, 0.1) is 11.0 Å². The molecule has 4 nitrogen and oxygen atoms in total. The van der Waals surface area contributed by atoms with Crippen LogP contribution in [-0.4, -0.2) is 27.6 Å². The SMILES string of the molecule is c1ccc(-c2nc(-c3cccc(-c4cccc5c4C4c6ccccc6C5c5cccc([Si](c6ccccc6)(c6ccccc6)c6ccccc6)c54)c3)nc(-n3c4ccccc4c4ccccc43)n2)cc1. The standard InChI is InChI=1S/C65H44N4Si/c1-5-22-43(23-6-1)63-66-64(68-65(67-63)69-56-39-17-15-32-50(56)51-33-16-18-40-57(51)69)45-25-19-24-44(42-45)49-36-20-37-54-59-52-34-13-14-35-53(52)62(60(49)54)61-55(59)38-21-41-58(61)70(46-26-7-2-8-27-46,47-28-9-3-10-29-47)48-30-11-4-12-31-48/h1-42,59,62H. The zero-order valence-electron chi connectivity index (χ0n) is 38.2. The van der Waals surface area contributed by atoms with Crippen molar-refractivity contribution in [1.29, 1.82) is 0 Å². The molecular formula is C65H44N4Si. The number of hydrogen-bond donors (Lipinski definition) is 0. The smallest absolute Gasteiger partial charge is 0.238 e. The van der Waals surface area contributed by atoms with E-state index < -0.39 is 8.07 Å². The van der Waals surface area contributed by atoms with Crippen molar-refractivity contribution in [3.8, 4) is 39.9 Å². The highest BCUT2D eigenvalue weighted by Crippen LogP contribution is 2.57. The van der Waals surface area contributed by atoms with E-state index in [-0.39, 0.29) is 11.8 Å². The Bertz CT molecular complexity index is 3810. The van der Waals surface area contributed by atoms with E-state index in [1.54, 1.807) is 0 Å². The predicted molar refractivity (Wildman–Crippen MR) is 289 cm³/mol. The van der Waals surface area contributed by atoms with E-state index in [1.165, 1.54) is 59.7 Å². The largest absolute Gasteiger partial charge is 0.278 e. The Kier molecular flexibility index (Phi) is 9.32. The normalized spacial score (nSPS) is 14.6. The summed E-state index contributed by atoms with van der Waals surface area (Å²) < 4.78 is 2.19. The van der Waals surface area contributed by atoms with Crippen LogP contribution in [0.2, 0.25) is 0 Å². The molecule has 0 amide bonds. The summed E-state index contributed by atoms with van der Waals surface area (Å²) in [7, 11) is -2.93. The van der Waals surface area contributed by atoms with E-state index in [4.69, 9.17) is 15.0 Å². The summed E-state index contributed by atoms with van der Waals surface area (Å²) in [6.45, 7) is 0. The lowest BCUT2D eigenvalue weighted by Gasteiger charge is -2.47. The first-order valence-electron chi connectivity index (χ1n) is 24.2. The van der Waals surface area contributed by atoms with Gasteiger partial charge in [-0.2, -0.15) is 9.97 Å². The van der Waals surface area contributed by atoms with E-state index in [0.717, 1.165) is 38.5 Å². The summed E-state index contributed by atoms with van der Waals surface area (Å²) in [5.74, 6) is 1.92. The molecule has 10 aromatic carbocycles. The van der Waals surface area contributed by atoms with Crippen molar-refractivity contribution in [3.63, 3.8) is 0 Å². The second-order valence-corrected chi connectivity index (χ2v) is 22.3. The van der Waals surface area contributed by atoms with Gasteiger partial charge in [-0.1, -0.05) is 237 Å². The number of fused-ring (bicyclic) bond motifs is 3. The molecule has 0 fully saturated rings. The van der Waals surface area contributed by atoms with Gasteiger partial charge in [0.15, 0.2) is 19.7 Å². The van der Waals surface area contributed by atoms with Gasteiger partial charge in [-0.25, -0.2) is 4.98 Å². The van der Waals surface area contributed by atoms with Gasteiger partial charge in [-0.3, -0.25) is 4.57 Å². The first-order valence-corrected chi connectivity index (χ1v) is 26.2. The van der Waals surface area contributed by atoms with E-state index >= 15 is 0 Å². The molecule has 5 heteroatoms. The van der Waals surface area contributed by atoms with E-state index in [2.05, 4.69) is 241 Å². The van der Waals surface area contributed by atoms with Gasteiger partial charge in [-0.05, 0) is 83.5 Å². The monoisotopic (exact) mass is 908 g/mol. The van der Waals surface area contributed by atoms with E-state index in [0.29, 0.717) is 17.6 Å². The van der Waals surface area contributed by atoms with Crippen LogP contribution in [0.15, 0.2) is 255 Å². The Morgan fingerprint density at radius 1 is 0.329 bits per heavy atom. The van der Waals surface area contributed by atoms with Crippen LogP contribution in [0.1, 0.15) is 45.2 Å². The molecule has 2 heterocycles. The summed E-state index contributed by atoms with van der Waals surface area (Å²) in [6, 6.07) is 93.7. The lowest BCUT2D eigenvalue weighted by atomic mass is 9.60. The number of benzene rings is 10.